The van der Waals surface area contributed by atoms with E-state index in [4.69, 9.17) is 15.5 Å². The standard InChI is InChI=1S/C20H21N5O2/c1-25-18(26)20(24-19(25)21)14-4-2-3-5-16(14)27-17-7-6-12(8-15(17)20)13-9-22-11-23-10-13/h6-11,14,16H,2-5H2,1H3,(H2,21,24). The Morgan fingerprint density at radius 2 is 1.96 bits per heavy atom. The van der Waals surface area contributed by atoms with Gasteiger partial charge in [-0.25, -0.2) is 15.0 Å². The Balaban J connectivity index is 1.73. The number of fused-ring (bicyclic) bond motifs is 4. The topological polar surface area (TPSA) is 93.7 Å². The van der Waals surface area contributed by atoms with Gasteiger partial charge in [0, 0.05) is 36.5 Å². The molecule has 3 aliphatic rings. The van der Waals surface area contributed by atoms with Crippen molar-refractivity contribution in [3.8, 4) is 16.9 Å². The number of aliphatic imine (C=N–C) groups is 1. The molecule has 2 aromatic rings. The van der Waals surface area contributed by atoms with Gasteiger partial charge in [0.15, 0.2) is 11.5 Å². The summed E-state index contributed by atoms with van der Waals surface area (Å²) >= 11 is 0. The molecule has 1 saturated carbocycles. The summed E-state index contributed by atoms with van der Waals surface area (Å²) in [6.45, 7) is 0. The Kier molecular flexibility index (Phi) is 3.47. The Bertz CT molecular complexity index is 945. The highest BCUT2D eigenvalue weighted by Crippen LogP contribution is 2.53. The average molecular weight is 363 g/mol. The van der Waals surface area contributed by atoms with Crippen LogP contribution >= 0.6 is 0 Å². The van der Waals surface area contributed by atoms with E-state index in [1.807, 2.05) is 18.2 Å². The van der Waals surface area contributed by atoms with E-state index in [1.165, 1.54) is 11.2 Å². The fraction of sp³-hybridized carbons (Fsp3) is 0.400. The Morgan fingerprint density at radius 1 is 1.19 bits per heavy atom. The van der Waals surface area contributed by atoms with Crippen LogP contribution in [0.15, 0.2) is 41.9 Å². The lowest BCUT2D eigenvalue weighted by atomic mass is 9.67. The predicted molar refractivity (Wildman–Crippen MR) is 99.9 cm³/mol. The van der Waals surface area contributed by atoms with E-state index in [0.717, 1.165) is 48.1 Å². The van der Waals surface area contributed by atoms with E-state index in [9.17, 15) is 4.79 Å². The molecule has 1 fully saturated rings. The van der Waals surface area contributed by atoms with Gasteiger partial charge in [-0.15, -0.1) is 0 Å². The molecule has 2 aliphatic heterocycles. The Morgan fingerprint density at radius 3 is 2.70 bits per heavy atom. The molecule has 1 spiro atoms. The van der Waals surface area contributed by atoms with Crippen LogP contribution in [0, 0.1) is 5.92 Å². The minimum absolute atomic E-state index is 0.00276. The first-order chi connectivity index (χ1) is 13.1. The van der Waals surface area contributed by atoms with Crippen molar-refractivity contribution < 1.29 is 9.53 Å². The number of hydrogen-bond donors (Lipinski definition) is 1. The van der Waals surface area contributed by atoms with Crippen molar-refractivity contribution in [1.29, 1.82) is 0 Å². The first-order valence-electron chi connectivity index (χ1n) is 9.31. The molecule has 5 rings (SSSR count). The van der Waals surface area contributed by atoms with Crippen LogP contribution in [0.1, 0.15) is 31.2 Å². The van der Waals surface area contributed by atoms with E-state index in [1.54, 1.807) is 19.4 Å². The zero-order chi connectivity index (χ0) is 18.6. The van der Waals surface area contributed by atoms with Gasteiger partial charge in [0.05, 0.1) is 0 Å². The first kappa shape index (κ1) is 16.2. The lowest BCUT2D eigenvalue weighted by Crippen LogP contribution is -2.53. The van der Waals surface area contributed by atoms with E-state index >= 15 is 0 Å². The lowest BCUT2D eigenvalue weighted by Gasteiger charge is -2.46. The maximum absolute atomic E-state index is 13.4. The summed E-state index contributed by atoms with van der Waals surface area (Å²) in [6.07, 6.45) is 9.02. The van der Waals surface area contributed by atoms with Gasteiger partial charge < -0.3 is 10.5 Å². The molecule has 7 nitrogen and oxygen atoms in total. The third-order valence-corrected chi connectivity index (χ3v) is 6.07. The molecule has 2 N–H and O–H groups in total. The van der Waals surface area contributed by atoms with Gasteiger partial charge >= 0.3 is 0 Å². The summed E-state index contributed by atoms with van der Waals surface area (Å²) in [5.74, 6) is 0.921. The highest BCUT2D eigenvalue weighted by Gasteiger charge is 2.60. The van der Waals surface area contributed by atoms with Crippen molar-refractivity contribution in [2.45, 2.75) is 37.3 Å². The number of nitrogens with zero attached hydrogens (tertiary/aromatic N) is 4. The van der Waals surface area contributed by atoms with Gasteiger partial charge in [-0.05, 0) is 37.0 Å². The quantitative estimate of drug-likeness (QED) is 0.837. The molecule has 7 heteroatoms. The molecule has 0 saturated heterocycles. The number of amides is 1. The van der Waals surface area contributed by atoms with Crippen LogP contribution < -0.4 is 10.5 Å². The summed E-state index contributed by atoms with van der Waals surface area (Å²) in [6, 6.07) is 5.90. The number of benzene rings is 1. The van der Waals surface area contributed by atoms with E-state index in [0.29, 0.717) is 0 Å². The maximum atomic E-state index is 13.4. The van der Waals surface area contributed by atoms with Gasteiger partial charge in [0.2, 0.25) is 0 Å². The van der Waals surface area contributed by atoms with Crippen molar-refractivity contribution >= 4 is 11.9 Å². The molecule has 1 aromatic carbocycles. The Labute approximate surface area is 157 Å². The molecule has 138 valence electrons. The van der Waals surface area contributed by atoms with E-state index in [2.05, 4.69) is 9.97 Å². The molecule has 1 amide bonds. The summed E-state index contributed by atoms with van der Waals surface area (Å²) in [7, 11) is 1.69. The van der Waals surface area contributed by atoms with Crippen molar-refractivity contribution in [3.63, 3.8) is 0 Å². The van der Waals surface area contributed by atoms with Gasteiger partial charge in [-0.3, -0.25) is 9.69 Å². The molecule has 3 atom stereocenters. The number of carbonyl (C=O) groups is 1. The molecule has 3 unspecified atom stereocenters. The monoisotopic (exact) mass is 363 g/mol. The molecule has 1 aliphatic carbocycles. The Hall–Kier alpha value is -2.96. The second-order valence-electron chi connectivity index (χ2n) is 7.49. The van der Waals surface area contributed by atoms with Crippen LogP contribution in [0.5, 0.6) is 5.75 Å². The van der Waals surface area contributed by atoms with Crippen LogP contribution in [0.3, 0.4) is 0 Å². The number of rotatable bonds is 1. The number of guanidine groups is 1. The summed E-state index contributed by atoms with van der Waals surface area (Å²) < 4.78 is 6.32. The van der Waals surface area contributed by atoms with Gasteiger partial charge in [0.1, 0.15) is 18.2 Å². The minimum Gasteiger partial charge on any atom is -0.490 e. The van der Waals surface area contributed by atoms with Crippen LogP contribution in [-0.2, 0) is 10.3 Å². The van der Waals surface area contributed by atoms with E-state index in [-0.39, 0.29) is 23.9 Å². The van der Waals surface area contributed by atoms with Crippen LogP contribution in [-0.4, -0.2) is 39.9 Å². The minimum atomic E-state index is -0.997. The maximum Gasteiger partial charge on any atom is 0.262 e. The largest absolute Gasteiger partial charge is 0.490 e. The number of carbonyl (C=O) groups excluding carboxylic acids is 1. The summed E-state index contributed by atoms with van der Waals surface area (Å²) in [4.78, 5) is 27.8. The average Bonchev–Trinajstić information content (AvgIpc) is 2.94. The number of nitrogens with two attached hydrogens (primary N) is 1. The fourth-order valence-electron chi connectivity index (χ4n) is 4.72. The zero-order valence-electron chi connectivity index (χ0n) is 15.1. The SMILES string of the molecule is CN1C(=O)C2(N=C1N)c1cc(-c3cncnc3)ccc1OC1CCCCC12. The van der Waals surface area contributed by atoms with Crippen LogP contribution in [0.4, 0.5) is 0 Å². The van der Waals surface area contributed by atoms with E-state index < -0.39 is 5.54 Å². The third kappa shape index (κ3) is 2.20. The molecular formula is C20H21N5O2. The number of hydrogen-bond acceptors (Lipinski definition) is 6. The highest BCUT2D eigenvalue weighted by atomic mass is 16.5. The number of likely N-dealkylation sites (N-methyl/N-ethyl adjacent to an activating group) is 1. The molecule has 1 aromatic heterocycles. The third-order valence-electron chi connectivity index (χ3n) is 6.07. The van der Waals surface area contributed by atoms with Crippen LogP contribution in [0.25, 0.3) is 11.1 Å². The number of aromatic nitrogens is 2. The van der Waals surface area contributed by atoms with Gasteiger partial charge in [0.25, 0.3) is 5.91 Å². The summed E-state index contributed by atoms with van der Waals surface area (Å²) in [5.41, 5.74) is 7.71. The predicted octanol–water partition coefficient (Wildman–Crippen LogP) is 2.08. The molecular weight excluding hydrogens is 342 g/mol. The summed E-state index contributed by atoms with van der Waals surface area (Å²) in [5, 5.41) is 0. The first-order valence-corrected chi connectivity index (χ1v) is 9.31. The molecule has 27 heavy (non-hydrogen) atoms. The van der Waals surface area contributed by atoms with Gasteiger partial charge in [-0.1, -0.05) is 12.5 Å². The highest BCUT2D eigenvalue weighted by molar-refractivity contribution is 6.07. The smallest absolute Gasteiger partial charge is 0.262 e. The molecule has 0 bridgehead atoms. The number of ether oxygens (including phenoxy) is 1. The van der Waals surface area contributed by atoms with Crippen molar-refractivity contribution in [3.05, 3.63) is 42.5 Å². The molecule has 0 radical (unpaired) electrons. The molecule has 3 heterocycles. The van der Waals surface area contributed by atoms with Crippen LogP contribution in [0.2, 0.25) is 0 Å². The van der Waals surface area contributed by atoms with Crippen molar-refractivity contribution in [2.75, 3.05) is 7.05 Å². The van der Waals surface area contributed by atoms with Gasteiger partial charge in [-0.2, -0.15) is 0 Å². The fourth-order valence-corrected chi connectivity index (χ4v) is 4.72. The normalized spacial score (nSPS) is 29.1. The zero-order valence-corrected chi connectivity index (χ0v) is 15.1. The van der Waals surface area contributed by atoms with Crippen molar-refractivity contribution in [1.82, 2.24) is 14.9 Å². The lowest BCUT2D eigenvalue weighted by molar-refractivity contribution is -0.136. The second kappa shape index (κ2) is 5.77. The second-order valence-corrected chi connectivity index (χ2v) is 7.49. The van der Waals surface area contributed by atoms with Crippen molar-refractivity contribution in [2.24, 2.45) is 16.6 Å².